The van der Waals surface area contributed by atoms with Crippen LogP contribution in [0.4, 0.5) is 21.8 Å². The van der Waals surface area contributed by atoms with Gasteiger partial charge in [-0.3, -0.25) is 0 Å². The molecule has 1 aromatic heterocycles. The second kappa shape index (κ2) is 4.55. The predicted molar refractivity (Wildman–Crippen MR) is 75.8 cm³/mol. The predicted octanol–water partition coefficient (Wildman–Crippen LogP) is 4.06. The zero-order valence-electron chi connectivity index (χ0n) is 9.65. The Morgan fingerprint density at radius 1 is 1.21 bits per heavy atom. The van der Waals surface area contributed by atoms with Crippen molar-refractivity contribution in [1.29, 1.82) is 0 Å². The molecule has 1 heterocycles. The van der Waals surface area contributed by atoms with E-state index < -0.39 is 5.82 Å². The van der Waals surface area contributed by atoms with E-state index in [2.05, 4.69) is 26.2 Å². The van der Waals surface area contributed by atoms with E-state index in [9.17, 15) is 4.39 Å². The van der Waals surface area contributed by atoms with Crippen molar-refractivity contribution in [3.63, 3.8) is 0 Å². The molecule has 96 valence electrons. The third-order valence-electron chi connectivity index (χ3n) is 2.59. The minimum Gasteiger partial charge on any atom is -0.423 e. The molecule has 0 aliphatic rings. The van der Waals surface area contributed by atoms with Crippen molar-refractivity contribution >= 4 is 44.4 Å². The van der Waals surface area contributed by atoms with Gasteiger partial charge in [-0.15, -0.1) is 0 Å². The monoisotopic (exact) mass is 321 g/mol. The van der Waals surface area contributed by atoms with Crippen LogP contribution in [0.25, 0.3) is 11.1 Å². The van der Waals surface area contributed by atoms with E-state index in [0.29, 0.717) is 26.9 Å². The Kier molecular flexibility index (Phi) is 2.87. The van der Waals surface area contributed by atoms with Crippen LogP contribution < -0.4 is 11.1 Å². The van der Waals surface area contributed by atoms with E-state index in [0.717, 1.165) is 0 Å². The third kappa shape index (κ3) is 2.39. The fourth-order valence-electron chi connectivity index (χ4n) is 1.70. The van der Waals surface area contributed by atoms with Crippen molar-refractivity contribution < 1.29 is 8.81 Å². The van der Waals surface area contributed by atoms with Gasteiger partial charge in [0.1, 0.15) is 11.3 Å². The average molecular weight is 322 g/mol. The number of halogens is 2. The number of hydrogen-bond acceptors (Lipinski definition) is 4. The van der Waals surface area contributed by atoms with Crippen LogP contribution in [0.15, 0.2) is 45.3 Å². The van der Waals surface area contributed by atoms with Crippen LogP contribution >= 0.6 is 15.9 Å². The van der Waals surface area contributed by atoms with Crippen molar-refractivity contribution in [1.82, 2.24) is 4.98 Å². The quantitative estimate of drug-likeness (QED) is 0.699. The SMILES string of the molecule is Nc1ccc2nc(Nc3ccc(Br)cc3F)oc2c1. The normalized spacial score (nSPS) is 10.8. The van der Waals surface area contributed by atoms with Crippen molar-refractivity contribution in [2.45, 2.75) is 0 Å². The molecule has 2 aromatic carbocycles. The molecule has 0 radical (unpaired) electrons. The van der Waals surface area contributed by atoms with Gasteiger partial charge in [0.05, 0.1) is 5.69 Å². The summed E-state index contributed by atoms with van der Waals surface area (Å²) in [6, 6.07) is 10.1. The van der Waals surface area contributed by atoms with Gasteiger partial charge >= 0.3 is 0 Å². The number of fused-ring (bicyclic) bond motifs is 1. The molecule has 0 saturated heterocycles. The molecule has 0 bridgehead atoms. The Balaban J connectivity index is 1.96. The molecule has 0 unspecified atom stereocenters. The highest BCUT2D eigenvalue weighted by molar-refractivity contribution is 9.10. The summed E-state index contributed by atoms with van der Waals surface area (Å²) in [4.78, 5) is 4.20. The molecule has 0 aliphatic carbocycles. The molecule has 3 rings (SSSR count). The molecular weight excluding hydrogens is 313 g/mol. The number of anilines is 3. The molecule has 0 fully saturated rings. The number of nitrogens with zero attached hydrogens (tertiary/aromatic N) is 1. The zero-order valence-corrected chi connectivity index (χ0v) is 11.2. The van der Waals surface area contributed by atoms with E-state index in [1.165, 1.54) is 6.07 Å². The van der Waals surface area contributed by atoms with Gasteiger partial charge in [-0.1, -0.05) is 15.9 Å². The lowest BCUT2D eigenvalue weighted by Gasteiger charge is -2.03. The minimum absolute atomic E-state index is 0.224. The Morgan fingerprint density at radius 2 is 2.05 bits per heavy atom. The summed E-state index contributed by atoms with van der Waals surface area (Å²) in [5.74, 6) is -0.392. The minimum atomic E-state index is -0.392. The number of oxazole rings is 1. The number of nitrogen functional groups attached to an aromatic ring is 1. The highest BCUT2D eigenvalue weighted by atomic mass is 79.9. The molecule has 4 nitrogen and oxygen atoms in total. The molecule has 0 spiro atoms. The number of nitrogens with two attached hydrogens (primary N) is 1. The van der Waals surface area contributed by atoms with Gasteiger partial charge in [0.2, 0.25) is 0 Å². The van der Waals surface area contributed by atoms with Gasteiger partial charge in [0.15, 0.2) is 5.58 Å². The first-order chi connectivity index (χ1) is 9.11. The molecule has 19 heavy (non-hydrogen) atoms. The Morgan fingerprint density at radius 3 is 2.84 bits per heavy atom. The van der Waals surface area contributed by atoms with Gasteiger partial charge in [-0.2, -0.15) is 4.98 Å². The number of nitrogens with one attached hydrogen (secondary N) is 1. The summed E-state index contributed by atoms with van der Waals surface area (Å²) < 4.78 is 19.8. The number of rotatable bonds is 2. The Hall–Kier alpha value is -2.08. The summed E-state index contributed by atoms with van der Waals surface area (Å²) in [6.45, 7) is 0. The standard InChI is InChI=1S/C13H9BrFN3O/c14-7-1-3-10(9(15)5-7)17-13-18-11-4-2-8(16)6-12(11)19-13/h1-6H,16H2,(H,17,18). The molecule has 0 aliphatic heterocycles. The third-order valence-corrected chi connectivity index (χ3v) is 3.08. The maximum atomic E-state index is 13.7. The molecule has 3 aromatic rings. The van der Waals surface area contributed by atoms with Crippen LogP contribution in [0.5, 0.6) is 0 Å². The summed E-state index contributed by atoms with van der Waals surface area (Å²) in [5.41, 5.74) is 7.75. The number of aromatic nitrogens is 1. The van der Waals surface area contributed by atoms with E-state index in [1.807, 2.05) is 0 Å². The van der Waals surface area contributed by atoms with Crippen LogP contribution in [0, 0.1) is 5.82 Å². The largest absolute Gasteiger partial charge is 0.423 e. The summed E-state index contributed by atoms with van der Waals surface area (Å²) in [6.07, 6.45) is 0. The maximum absolute atomic E-state index is 13.7. The molecule has 0 amide bonds. The average Bonchev–Trinajstić information content (AvgIpc) is 2.74. The highest BCUT2D eigenvalue weighted by Crippen LogP contribution is 2.26. The molecule has 3 N–H and O–H groups in total. The molecular formula is C13H9BrFN3O. The van der Waals surface area contributed by atoms with E-state index in [1.54, 1.807) is 30.3 Å². The first-order valence-electron chi connectivity index (χ1n) is 5.50. The van der Waals surface area contributed by atoms with E-state index in [4.69, 9.17) is 10.2 Å². The first kappa shape index (κ1) is 12.0. The second-order valence-electron chi connectivity index (χ2n) is 4.00. The molecule has 0 saturated carbocycles. The lowest BCUT2D eigenvalue weighted by atomic mass is 10.3. The van der Waals surface area contributed by atoms with Crippen molar-refractivity contribution in [3.05, 3.63) is 46.7 Å². The van der Waals surface area contributed by atoms with Gasteiger partial charge in [-0.05, 0) is 30.3 Å². The first-order valence-corrected chi connectivity index (χ1v) is 6.29. The fraction of sp³-hybridized carbons (Fsp3) is 0. The molecule has 6 heteroatoms. The fourth-order valence-corrected chi connectivity index (χ4v) is 2.03. The Labute approximate surface area is 116 Å². The summed E-state index contributed by atoms with van der Waals surface area (Å²) in [7, 11) is 0. The number of benzene rings is 2. The second-order valence-corrected chi connectivity index (χ2v) is 4.91. The smallest absolute Gasteiger partial charge is 0.300 e. The molecule has 0 atom stereocenters. The highest BCUT2D eigenvalue weighted by Gasteiger charge is 2.09. The van der Waals surface area contributed by atoms with Crippen LogP contribution in [-0.2, 0) is 0 Å². The van der Waals surface area contributed by atoms with Crippen molar-refractivity contribution in [2.75, 3.05) is 11.1 Å². The topological polar surface area (TPSA) is 64.1 Å². The van der Waals surface area contributed by atoms with Gasteiger partial charge < -0.3 is 15.5 Å². The van der Waals surface area contributed by atoms with E-state index in [-0.39, 0.29) is 6.01 Å². The Bertz CT molecular complexity index is 757. The van der Waals surface area contributed by atoms with Crippen LogP contribution in [0.2, 0.25) is 0 Å². The number of hydrogen-bond donors (Lipinski definition) is 2. The van der Waals surface area contributed by atoms with Crippen LogP contribution in [0.3, 0.4) is 0 Å². The van der Waals surface area contributed by atoms with Crippen molar-refractivity contribution in [2.24, 2.45) is 0 Å². The summed E-state index contributed by atoms with van der Waals surface area (Å²) in [5, 5.41) is 2.79. The van der Waals surface area contributed by atoms with Crippen molar-refractivity contribution in [3.8, 4) is 0 Å². The lowest BCUT2D eigenvalue weighted by molar-refractivity contribution is 0.611. The van der Waals surface area contributed by atoms with Crippen LogP contribution in [0.1, 0.15) is 0 Å². The van der Waals surface area contributed by atoms with Gasteiger partial charge in [0.25, 0.3) is 6.01 Å². The summed E-state index contributed by atoms with van der Waals surface area (Å²) >= 11 is 3.20. The van der Waals surface area contributed by atoms with Gasteiger partial charge in [-0.25, -0.2) is 4.39 Å². The maximum Gasteiger partial charge on any atom is 0.300 e. The van der Waals surface area contributed by atoms with Gasteiger partial charge in [0, 0.05) is 16.2 Å². The zero-order chi connectivity index (χ0) is 13.4. The van der Waals surface area contributed by atoms with Crippen LogP contribution in [-0.4, -0.2) is 4.98 Å². The lowest BCUT2D eigenvalue weighted by Crippen LogP contribution is -1.93. The van der Waals surface area contributed by atoms with E-state index >= 15 is 0 Å².